The number of phenolic OH excluding ortho intramolecular Hbond substituents is 2. The van der Waals surface area contributed by atoms with Gasteiger partial charge in [-0.1, -0.05) is 5.57 Å². The van der Waals surface area contributed by atoms with Gasteiger partial charge >= 0.3 is 0 Å². The van der Waals surface area contributed by atoms with Crippen molar-refractivity contribution in [2.45, 2.75) is 13.8 Å². The molecule has 0 saturated carbocycles. The van der Waals surface area contributed by atoms with Gasteiger partial charge in [0, 0.05) is 6.07 Å². The fraction of sp³-hybridized carbons (Fsp3) is 0.250. The zero-order valence-corrected chi connectivity index (χ0v) is 9.44. The van der Waals surface area contributed by atoms with Gasteiger partial charge in [-0.3, -0.25) is 4.79 Å². The maximum atomic E-state index is 11.6. The molecule has 0 aliphatic rings. The fourth-order valence-electron chi connectivity index (χ4n) is 1.26. The molecular weight excluding hydrogens is 208 g/mol. The van der Waals surface area contributed by atoms with E-state index in [1.807, 2.05) is 0 Å². The molecule has 0 spiro atoms. The van der Waals surface area contributed by atoms with Crippen molar-refractivity contribution in [3.05, 3.63) is 29.3 Å². The fourth-order valence-corrected chi connectivity index (χ4v) is 1.26. The summed E-state index contributed by atoms with van der Waals surface area (Å²) in [6, 6.07) is 2.40. The summed E-state index contributed by atoms with van der Waals surface area (Å²) in [4.78, 5) is 11.6. The first-order valence-corrected chi connectivity index (χ1v) is 4.75. The van der Waals surface area contributed by atoms with Gasteiger partial charge in [0.15, 0.2) is 17.3 Å². The Hall–Kier alpha value is -1.97. The second-order valence-corrected chi connectivity index (χ2v) is 3.63. The highest BCUT2D eigenvalue weighted by atomic mass is 16.5. The van der Waals surface area contributed by atoms with Crippen LogP contribution in [0.5, 0.6) is 17.2 Å². The van der Waals surface area contributed by atoms with E-state index in [4.69, 9.17) is 4.74 Å². The first kappa shape index (κ1) is 12.1. The highest BCUT2D eigenvalue weighted by molar-refractivity contribution is 6.07. The Labute approximate surface area is 93.8 Å². The van der Waals surface area contributed by atoms with Crippen molar-refractivity contribution in [1.82, 2.24) is 0 Å². The van der Waals surface area contributed by atoms with E-state index in [1.165, 1.54) is 25.3 Å². The van der Waals surface area contributed by atoms with Crippen LogP contribution < -0.4 is 4.74 Å². The minimum absolute atomic E-state index is 0.0551. The van der Waals surface area contributed by atoms with Gasteiger partial charge in [-0.25, -0.2) is 0 Å². The molecule has 1 aromatic carbocycles. The number of benzene rings is 1. The van der Waals surface area contributed by atoms with Crippen LogP contribution in [0.15, 0.2) is 23.8 Å². The molecule has 0 fully saturated rings. The molecule has 0 saturated heterocycles. The Morgan fingerprint density at radius 2 is 1.88 bits per heavy atom. The van der Waals surface area contributed by atoms with E-state index in [1.54, 1.807) is 13.8 Å². The second kappa shape index (κ2) is 4.70. The van der Waals surface area contributed by atoms with Crippen LogP contribution in [-0.4, -0.2) is 23.1 Å². The predicted molar refractivity (Wildman–Crippen MR) is 60.1 cm³/mol. The molecule has 0 aromatic heterocycles. The van der Waals surface area contributed by atoms with Crippen molar-refractivity contribution in [2.24, 2.45) is 0 Å². The summed E-state index contributed by atoms with van der Waals surface area (Å²) < 4.78 is 4.80. The summed E-state index contributed by atoms with van der Waals surface area (Å²) in [5, 5.41) is 19.1. The third kappa shape index (κ3) is 2.53. The quantitative estimate of drug-likeness (QED) is 0.467. The highest BCUT2D eigenvalue weighted by Gasteiger charge is 2.13. The predicted octanol–water partition coefficient (Wildman–Crippen LogP) is 2.26. The van der Waals surface area contributed by atoms with E-state index in [0.29, 0.717) is 0 Å². The van der Waals surface area contributed by atoms with E-state index in [-0.39, 0.29) is 28.6 Å². The molecule has 0 aliphatic heterocycles. The number of carbonyl (C=O) groups is 1. The Morgan fingerprint density at radius 3 is 2.38 bits per heavy atom. The molecule has 0 heterocycles. The summed E-state index contributed by atoms with van der Waals surface area (Å²) in [6.45, 7) is 3.55. The Bertz CT molecular complexity index is 443. The third-order valence-electron chi connectivity index (χ3n) is 1.98. The van der Waals surface area contributed by atoms with Crippen LogP contribution in [0.3, 0.4) is 0 Å². The van der Waals surface area contributed by atoms with Crippen LogP contribution in [0.4, 0.5) is 0 Å². The SMILES string of the molecule is COc1cc(O)c(C(=O)C=C(C)C)cc1O. The van der Waals surface area contributed by atoms with Crippen LogP contribution in [0.2, 0.25) is 0 Å². The number of hydrogen-bond donors (Lipinski definition) is 2. The van der Waals surface area contributed by atoms with Gasteiger partial charge in [-0.2, -0.15) is 0 Å². The molecule has 0 bridgehead atoms. The highest BCUT2D eigenvalue weighted by Crippen LogP contribution is 2.33. The van der Waals surface area contributed by atoms with E-state index in [9.17, 15) is 15.0 Å². The molecule has 0 atom stereocenters. The summed E-state index contributed by atoms with van der Waals surface area (Å²) in [5.41, 5.74) is 0.874. The van der Waals surface area contributed by atoms with Crippen LogP contribution in [-0.2, 0) is 0 Å². The van der Waals surface area contributed by atoms with Crippen molar-refractivity contribution >= 4 is 5.78 Å². The normalized spacial score (nSPS) is 9.69. The van der Waals surface area contributed by atoms with E-state index in [2.05, 4.69) is 0 Å². The average molecular weight is 222 g/mol. The van der Waals surface area contributed by atoms with Gasteiger partial charge in [-0.15, -0.1) is 0 Å². The molecule has 0 amide bonds. The molecule has 1 rings (SSSR count). The van der Waals surface area contributed by atoms with Gasteiger partial charge in [-0.05, 0) is 26.0 Å². The lowest BCUT2D eigenvalue weighted by molar-refractivity contribution is 0.104. The molecule has 4 nitrogen and oxygen atoms in total. The number of phenols is 2. The van der Waals surface area contributed by atoms with Crippen molar-refractivity contribution in [2.75, 3.05) is 7.11 Å². The molecule has 0 radical (unpaired) electrons. The number of ketones is 1. The summed E-state index contributed by atoms with van der Waals surface area (Å²) in [6.07, 6.45) is 1.39. The zero-order valence-electron chi connectivity index (χ0n) is 9.44. The largest absolute Gasteiger partial charge is 0.507 e. The molecule has 1 aromatic rings. The maximum absolute atomic E-state index is 11.6. The summed E-state index contributed by atoms with van der Waals surface area (Å²) >= 11 is 0. The van der Waals surface area contributed by atoms with Gasteiger partial charge in [0.1, 0.15) is 5.75 Å². The number of rotatable bonds is 3. The molecule has 0 aliphatic carbocycles. The number of carbonyl (C=O) groups excluding carboxylic acids is 1. The van der Waals surface area contributed by atoms with Crippen LogP contribution in [0.25, 0.3) is 0 Å². The Balaban J connectivity index is 3.21. The zero-order chi connectivity index (χ0) is 12.3. The Kier molecular flexibility index (Phi) is 3.55. The van der Waals surface area contributed by atoms with Gasteiger partial charge in [0.05, 0.1) is 12.7 Å². The molecule has 4 heteroatoms. The van der Waals surface area contributed by atoms with Gasteiger partial charge in [0.25, 0.3) is 0 Å². The average Bonchev–Trinajstić information content (AvgIpc) is 2.19. The van der Waals surface area contributed by atoms with Crippen LogP contribution in [0.1, 0.15) is 24.2 Å². The smallest absolute Gasteiger partial charge is 0.189 e. The lowest BCUT2D eigenvalue weighted by Gasteiger charge is -2.07. The number of aromatic hydroxyl groups is 2. The molecule has 86 valence electrons. The molecule has 0 unspecified atom stereocenters. The number of methoxy groups -OCH3 is 1. The monoisotopic (exact) mass is 222 g/mol. The number of hydrogen-bond acceptors (Lipinski definition) is 4. The lowest BCUT2D eigenvalue weighted by atomic mass is 10.1. The minimum Gasteiger partial charge on any atom is -0.507 e. The van der Waals surface area contributed by atoms with E-state index >= 15 is 0 Å². The van der Waals surface area contributed by atoms with Crippen molar-refractivity contribution in [1.29, 1.82) is 0 Å². The molecule has 16 heavy (non-hydrogen) atoms. The number of allylic oxidation sites excluding steroid dienone is 2. The molecular formula is C12H14O4. The first-order chi connectivity index (χ1) is 7.45. The molecule has 2 N–H and O–H groups in total. The summed E-state index contributed by atoms with van der Waals surface area (Å²) in [5.74, 6) is -0.607. The van der Waals surface area contributed by atoms with Gasteiger partial charge in [0.2, 0.25) is 0 Å². The third-order valence-corrected chi connectivity index (χ3v) is 1.98. The van der Waals surface area contributed by atoms with Crippen molar-refractivity contribution < 1.29 is 19.7 Å². The summed E-state index contributed by atoms with van der Waals surface area (Å²) in [7, 11) is 1.37. The number of ether oxygens (including phenoxy) is 1. The minimum atomic E-state index is -0.351. The Morgan fingerprint density at radius 1 is 1.25 bits per heavy atom. The lowest BCUT2D eigenvalue weighted by Crippen LogP contribution is -1.97. The van der Waals surface area contributed by atoms with Crippen LogP contribution in [0, 0.1) is 0 Å². The van der Waals surface area contributed by atoms with E-state index < -0.39 is 0 Å². The standard InChI is InChI=1S/C12H14O4/c1-7(2)4-9(13)8-5-11(15)12(16-3)6-10(8)14/h4-6,14-15H,1-3H3. The first-order valence-electron chi connectivity index (χ1n) is 4.75. The van der Waals surface area contributed by atoms with Crippen LogP contribution >= 0.6 is 0 Å². The van der Waals surface area contributed by atoms with E-state index in [0.717, 1.165) is 5.57 Å². The maximum Gasteiger partial charge on any atom is 0.189 e. The van der Waals surface area contributed by atoms with Gasteiger partial charge < -0.3 is 14.9 Å². The topological polar surface area (TPSA) is 66.8 Å². The second-order valence-electron chi connectivity index (χ2n) is 3.63. The van der Waals surface area contributed by atoms with Crippen molar-refractivity contribution in [3.63, 3.8) is 0 Å². The van der Waals surface area contributed by atoms with Crippen molar-refractivity contribution in [3.8, 4) is 17.2 Å².